The van der Waals surface area contributed by atoms with Gasteiger partial charge in [-0.1, -0.05) is 24.3 Å². The summed E-state index contributed by atoms with van der Waals surface area (Å²) < 4.78 is 18.8. The number of benzene rings is 2. The number of thioether (sulfide) groups is 1. The van der Waals surface area contributed by atoms with Crippen LogP contribution < -0.4 is 15.8 Å². The Morgan fingerprint density at radius 2 is 1.91 bits per heavy atom. The van der Waals surface area contributed by atoms with Crippen molar-refractivity contribution in [2.24, 2.45) is 5.73 Å². The quantitative estimate of drug-likeness (QED) is 0.580. The summed E-state index contributed by atoms with van der Waals surface area (Å²) in [4.78, 5) is 11.8. The van der Waals surface area contributed by atoms with Gasteiger partial charge in [0.15, 0.2) is 11.6 Å². The third-order valence-electron chi connectivity index (χ3n) is 2.77. The second kappa shape index (κ2) is 8.29. The van der Waals surface area contributed by atoms with Gasteiger partial charge in [-0.2, -0.15) is 0 Å². The van der Waals surface area contributed by atoms with Crippen LogP contribution in [0.4, 0.5) is 10.1 Å². The molecule has 2 rings (SSSR count). The molecule has 0 aliphatic carbocycles. The van der Waals surface area contributed by atoms with Crippen LogP contribution in [-0.4, -0.2) is 24.8 Å². The molecule has 0 atom stereocenters. The Kier molecular flexibility index (Phi) is 6.09. The fraction of sp³-hybridized carbons (Fsp3) is 0.188. The van der Waals surface area contributed by atoms with Crippen molar-refractivity contribution in [2.45, 2.75) is 4.90 Å². The molecule has 0 bridgehead atoms. The highest BCUT2D eigenvalue weighted by molar-refractivity contribution is 8.00. The highest BCUT2D eigenvalue weighted by atomic mass is 32.2. The van der Waals surface area contributed by atoms with Crippen molar-refractivity contribution in [3.8, 4) is 5.75 Å². The Labute approximate surface area is 132 Å². The lowest BCUT2D eigenvalue weighted by Gasteiger charge is -2.12. The van der Waals surface area contributed by atoms with E-state index in [2.05, 4.69) is 5.32 Å². The standard InChI is InChI=1S/C16H17FN2O2S/c17-12-5-1-3-7-14(12)21-10-9-19-13-6-2-4-8-15(13)22-11-16(18)20/h1-8,19H,9-11H2,(H2,18,20). The first-order valence-electron chi connectivity index (χ1n) is 6.78. The topological polar surface area (TPSA) is 64.4 Å². The Hall–Kier alpha value is -2.21. The van der Waals surface area contributed by atoms with Crippen LogP contribution >= 0.6 is 11.8 Å². The number of halogens is 1. The smallest absolute Gasteiger partial charge is 0.227 e. The summed E-state index contributed by atoms with van der Waals surface area (Å²) in [6, 6.07) is 13.9. The van der Waals surface area contributed by atoms with E-state index in [1.54, 1.807) is 18.2 Å². The number of primary amides is 1. The van der Waals surface area contributed by atoms with E-state index >= 15 is 0 Å². The Morgan fingerprint density at radius 3 is 2.68 bits per heavy atom. The Morgan fingerprint density at radius 1 is 1.18 bits per heavy atom. The van der Waals surface area contributed by atoms with Gasteiger partial charge < -0.3 is 15.8 Å². The molecule has 0 unspecified atom stereocenters. The SMILES string of the molecule is NC(=O)CSc1ccccc1NCCOc1ccccc1F. The summed E-state index contributed by atoms with van der Waals surface area (Å²) >= 11 is 1.37. The van der Waals surface area contributed by atoms with E-state index in [9.17, 15) is 9.18 Å². The van der Waals surface area contributed by atoms with Gasteiger partial charge in [0.1, 0.15) is 6.61 Å². The van der Waals surface area contributed by atoms with E-state index in [1.807, 2.05) is 24.3 Å². The zero-order valence-corrected chi connectivity index (χ0v) is 12.7. The van der Waals surface area contributed by atoms with Gasteiger partial charge >= 0.3 is 0 Å². The molecule has 0 spiro atoms. The van der Waals surface area contributed by atoms with Crippen molar-refractivity contribution in [2.75, 3.05) is 24.2 Å². The first-order chi connectivity index (χ1) is 10.7. The second-order valence-corrected chi connectivity index (χ2v) is 5.47. The Balaban J connectivity index is 1.84. The van der Waals surface area contributed by atoms with Gasteiger partial charge in [-0.15, -0.1) is 11.8 Å². The summed E-state index contributed by atoms with van der Waals surface area (Å²) in [5, 5.41) is 3.21. The van der Waals surface area contributed by atoms with Crippen molar-refractivity contribution < 1.29 is 13.9 Å². The highest BCUT2D eigenvalue weighted by Crippen LogP contribution is 2.26. The molecule has 0 saturated carbocycles. The van der Waals surface area contributed by atoms with Crippen LogP contribution in [-0.2, 0) is 4.79 Å². The first-order valence-corrected chi connectivity index (χ1v) is 7.76. The van der Waals surface area contributed by atoms with Crippen LogP contribution in [0.5, 0.6) is 5.75 Å². The monoisotopic (exact) mass is 320 g/mol. The molecule has 22 heavy (non-hydrogen) atoms. The minimum atomic E-state index is -0.375. The van der Waals surface area contributed by atoms with Gasteiger partial charge in [-0.3, -0.25) is 4.79 Å². The van der Waals surface area contributed by atoms with Gasteiger partial charge in [-0.05, 0) is 24.3 Å². The summed E-state index contributed by atoms with van der Waals surface area (Å²) in [6.45, 7) is 0.845. The largest absolute Gasteiger partial charge is 0.489 e. The fourth-order valence-corrected chi connectivity index (χ4v) is 2.56. The molecule has 1 amide bonds. The highest BCUT2D eigenvalue weighted by Gasteiger charge is 2.05. The zero-order chi connectivity index (χ0) is 15.8. The number of carbonyl (C=O) groups is 1. The predicted octanol–water partition coefficient (Wildman–Crippen LogP) is 2.89. The third kappa shape index (κ3) is 4.96. The predicted molar refractivity (Wildman–Crippen MR) is 86.7 cm³/mol. The average molecular weight is 320 g/mol. The molecule has 0 saturated heterocycles. The van der Waals surface area contributed by atoms with E-state index in [-0.39, 0.29) is 23.2 Å². The normalized spacial score (nSPS) is 10.2. The lowest BCUT2D eigenvalue weighted by molar-refractivity contribution is -0.115. The molecule has 0 fully saturated rings. The number of para-hydroxylation sites is 2. The van der Waals surface area contributed by atoms with E-state index in [1.165, 1.54) is 17.8 Å². The molecule has 0 radical (unpaired) electrons. The molecule has 0 aromatic heterocycles. The average Bonchev–Trinajstić information content (AvgIpc) is 2.52. The van der Waals surface area contributed by atoms with Gasteiger partial charge in [0, 0.05) is 17.1 Å². The molecule has 2 aromatic carbocycles. The molecular formula is C16H17FN2O2S. The maximum atomic E-state index is 13.4. The molecule has 0 heterocycles. The number of hydrogen-bond donors (Lipinski definition) is 2. The maximum Gasteiger partial charge on any atom is 0.227 e. The zero-order valence-electron chi connectivity index (χ0n) is 11.9. The van der Waals surface area contributed by atoms with E-state index in [0.717, 1.165) is 10.6 Å². The van der Waals surface area contributed by atoms with Crippen LogP contribution in [0, 0.1) is 5.82 Å². The Bertz CT molecular complexity index is 637. The second-order valence-electron chi connectivity index (χ2n) is 4.46. The van der Waals surface area contributed by atoms with Crippen LogP contribution in [0.2, 0.25) is 0 Å². The summed E-state index contributed by atoms with van der Waals surface area (Å²) in [7, 11) is 0. The third-order valence-corrected chi connectivity index (χ3v) is 3.86. The van der Waals surface area contributed by atoms with Gasteiger partial charge in [0.05, 0.1) is 5.75 Å². The number of ether oxygens (including phenoxy) is 1. The summed E-state index contributed by atoms with van der Waals surface area (Å²) in [5.74, 6) is -0.270. The molecular weight excluding hydrogens is 303 g/mol. The number of anilines is 1. The number of nitrogens with two attached hydrogens (primary N) is 1. The molecule has 6 heteroatoms. The fourth-order valence-electron chi connectivity index (χ4n) is 1.80. The minimum Gasteiger partial charge on any atom is -0.489 e. The van der Waals surface area contributed by atoms with Crippen LogP contribution in [0.3, 0.4) is 0 Å². The lowest BCUT2D eigenvalue weighted by atomic mass is 10.3. The molecule has 2 aromatic rings. The van der Waals surface area contributed by atoms with E-state index in [4.69, 9.17) is 10.5 Å². The first kappa shape index (κ1) is 16.2. The molecule has 0 aliphatic heterocycles. The van der Waals surface area contributed by atoms with Crippen molar-refractivity contribution in [1.29, 1.82) is 0 Å². The van der Waals surface area contributed by atoms with E-state index in [0.29, 0.717) is 13.2 Å². The van der Waals surface area contributed by atoms with Crippen LogP contribution in [0.25, 0.3) is 0 Å². The van der Waals surface area contributed by atoms with E-state index < -0.39 is 0 Å². The number of hydrogen-bond acceptors (Lipinski definition) is 4. The van der Waals surface area contributed by atoms with Crippen molar-refractivity contribution in [1.82, 2.24) is 0 Å². The van der Waals surface area contributed by atoms with Gasteiger partial charge in [0.25, 0.3) is 0 Å². The summed E-state index contributed by atoms with van der Waals surface area (Å²) in [5.41, 5.74) is 6.05. The van der Waals surface area contributed by atoms with Crippen LogP contribution in [0.1, 0.15) is 0 Å². The molecule has 0 aliphatic rings. The summed E-state index contributed by atoms with van der Waals surface area (Å²) in [6.07, 6.45) is 0. The minimum absolute atomic E-state index is 0.227. The maximum absolute atomic E-state index is 13.4. The molecule has 116 valence electrons. The van der Waals surface area contributed by atoms with Gasteiger partial charge in [0.2, 0.25) is 5.91 Å². The number of nitrogens with one attached hydrogen (secondary N) is 1. The number of rotatable bonds is 8. The number of carbonyl (C=O) groups excluding carboxylic acids is 1. The van der Waals surface area contributed by atoms with Crippen molar-refractivity contribution in [3.05, 3.63) is 54.3 Å². The van der Waals surface area contributed by atoms with Crippen LogP contribution in [0.15, 0.2) is 53.4 Å². The molecule has 3 N–H and O–H groups in total. The van der Waals surface area contributed by atoms with Gasteiger partial charge in [-0.25, -0.2) is 4.39 Å². The van der Waals surface area contributed by atoms with Crippen molar-refractivity contribution >= 4 is 23.4 Å². The van der Waals surface area contributed by atoms with Crippen molar-refractivity contribution in [3.63, 3.8) is 0 Å². The molecule has 4 nitrogen and oxygen atoms in total. The lowest BCUT2D eigenvalue weighted by Crippen LogP contribution is -2.14. The number of amides is 1.